The minimum Gasteiger partial charge on any atom is -0.410 e. The van der Waals surface area contributed by atoms with Gasteiger partial charge in [-0.2, -0.15) is 0 Å². The van der Waals surface area contributed by atoms with Gasteiger partial charge in [-0.05, 0) is 36.6 Å². The molecule has 3 rings (SSSR count). The molecule has 0 saturated carbocycles. The highest BCUT2D eigenvalue weighted by molar-refractivity contribution is 7.98. The van der Waals surface area contributed by atoms with E-state index < -0.39 is 0 Å². The average Bonchev–Trinajstić information content (AvgIpc) is 2.88. The minimum atomic E-state index is 0.379. The smallest absolute Gasteiger partial charge is 0.131 e. The molecule has 0 spiro atoms. The van der Waals surface area contributed by atoms with Gasteiger partial charge in [-0.15, -0.1) is 11.8 Å². The van der Waals surface area contributed by atoms with Crippen LogP contribution in [-0.2, 0) is 7.05 Å². The summed E-state index contributed by atoms with van der Waals surface area (Å²) in [4.78, 5) is 4.20. The van der Waals surface area contributed by atoms with E-state index in [-0.39, 0.29) is 0 Å². The molecule has 2 aromatic heterocycles. The van der Waals surface area contributed by atoms with E-state index in [9.17, 15) is 5.21 Å². The lowest BCUT2D eigenvalue weighted by atomic mass is 10.0. The Morgan fingerprint density at radius 2 is 2.05 bits per heavy atom. The van der Waals surface area contributed by atoms with Crippen molar-refractivity contribution < 1.29 is 5.21 Å². The average molecular weight is 332 g/mol. The predicted molar refractivity (Wildman–Crippen MR) is 91.4 cm³/mol. The molecule has 4 nitrogen and oxygen atoms in total. The molecule has 0 saturated heterocycles. The molecule has 22 heavy (non-hydrogen) atoms. The summed E-state index contributed by atoms with van der Waals surface area (Å²) >= 11 is 7.54. The number of halogens is 1. The van der Waals surface area contributed by atoms with Gasteiger partial charge >= 0.3 is 0 Å². The molecule has 0 aliphatic carbocycles. The minimum absolute atomic E-state index is 0.379. The van der Waals surface area contributed by atoms with E-state index in [1.54, 1.807) is 6.07 Å². The standard InChI is InChI=1S/C16H14ClN3OS/c1-20-6-5-10-7-11(3-4-13(10)20)16(19-21)12-8-14(17)18-15(9-12)22-2/h3-9,21H,1-2H3. The number of aromatic nitrogens is 2. The van der Waals surface area contributed by atoms with Crippen LogP contribution in [0.25, 0.3) is 10.9 Å². The van der Waals surface area contributed by atoms with E-state index in [2.05, 4.69) is 10.1 Å². The second kappa shape index (κ2) is 6.02. The van der Waals surface area contributed by atoms with Crippen molar-refractivity contribution in [2.24, 2.45) is 12.2 Å². The molecule has 0 atom stereocenters. The normalized spacial score (nSPS) is 12.0. The van der Waals surface area contributed by atoms with Gasteiger partial charge in [0.25, 0.3) is 0 Å². The first kappa shape index (κ1) is 14.9. The number of pyridine rings is 1. The molecule has 1 N–H and O–H groups in total. The van der Waals surface area contributed by atoms with Gasteiger partial charge in [0, 0.05) is 35.3 Å². The molecule has 112 valence electrons. The largest absolute Gasteiger partial charge is 0.410 e. The van der Waals surface area contributed by atoms with Crippen molar-refractivity contribution in [3.05, 3.63) is 58.9 Å². The Labute approximate surface area is 137 Å². The predicted octanol–water partition coefficient (Wildman–Crippen LogP) is 4.18. The van der Waals surface area contributed by atoms with Crippen LogP contribution in [0.4, 0.5) is 0 Å². The Bertz CT molecular complexity index is 873. The Morgan fingerprint density at radius 1 is 1.23 bits per heavy atom. The number of nitrogens with zero attached hydrogens (tertiary/aromatic N) is 3. The molecule has 1 aromatic carbocycles. The molecule has 0 unspecified atom stereocenters. The summed E-state index contributed by atoms with van der Waals surface area (Å²) in [5, 5.41) is 15.2. The number of oxime groups is 1. The SMILES string of the molecule is CSc1cc(C(=NO)c2ccc3c(ccn3C)c2)cc(Cl)n1. The molecule has 0 radical (unpaired) electrons. The van der Waals surface area contributed by atoms with E-state index >= 15 is 0 Å². The lowest BCUT2D eigenvalue weighted by molar-refractivity contribution is 0.319. The summed E-state index contributed by atoms with van der Waals surface area (Å²) in [5.41, 5.74) is 3.17. The number of benzene rings is 1. The number of hydrogen-bond acceptors (Lipinski definition) is 4. The second-order valence-corrected chi connectivity index (χ2v) is 6.08. The quantitative estimate of drug-likeness (QED) is 0.257. The van der Waals surface area contributed by atoms with Crippen molar-refractivity contribution in [1.82, 2.24) is 9.55 Å². The van der Waals surface area contributed by atoms with Gasteiger partial charge in [0.05, 0.1) is 5.03 Å². The molecule has 6 heteroatoms. The number of hydrogen-bond donors (Lipinski definition) is 1. The van der Waals surface area contributed by atoms with Crippen LogP contribution in [0.5, 0.6) is 0 Å². The maximum atomic E-state index is 9.48. The molecule has 0 aliphatic rings. The van der Waals surface area contributed by atoms with Crippen LogP contribution >= 0.6 is 23.4 Å². The van der Waals surface area contributed by atoms with Gasteiger partial charge in [-0.1, -0.05) is 22.8 Å². The highest BCUT2D eigenvalue weighted by atomic mass is 35.5. The number of rotatable bonds is 3. The van der Waals surface area contributed by atoms with Crippen LogP contribution in [0.2, 0.25) is 5.15 Å². The van der Waals surface area contributed by atoms with Crippen LogP contribution in [0.15, 0.2) is 52.8 Å². The molecular formula is C16H14ClN3OS. The first-order chi connectivity index (χ1) is 10.6. The van der Waals surface area contributed by atoms with Crippen molar-refractivity contribution in [1.29, 1.82) is 0 Å². The van der Waals surface area contributed by atoms with Crippen LogP contribution < -0.4 is 0 Å². The van der Waals surface area contributed by atoms with Gasteiger partial charge in [0.1, 0.15) is 10.9 Å². The van der Waals surface area contributed by atoms with E-state index in [0.29, 0.717) is 10.9 Å². The van der Waals surface area contributed by atoms with Gasteiger partial charge < -0.3 is 9.77 Å². The van der Waals surface area contributed by atoms with Crippen LogP contribution in [0.1, 0.15) is 11.1 Å². The molecule has 3 aromatic rings. The highest BCUT2D eigenvalue weighted by Gasteiger charge is 2.12. The van der Waals surface area contributed by atoms with Crippen molar-refractivity contribution in [3.63, 3.8) is 0 Å². The Hall–Kier alpha value is -1.98. The van der Waals surface area contributed by atoms with Crippen molar-refractivity contribution in [2.75, 3.05) is 6.26 Å². The topological polar surface area (TPSA) is 50.4 Å². The fourth-order valence-corrected chi connectivity index (χ4v) is 3.12. The molecule has 0 amide bonds. The summed E-state index contributed by atoms with van der Waals surface area (Å²) in [7, 11) is 2.00. The van der Waals surface area contributed by atoms with Crippen LogP contribution in [-0.4, -0.2) is 26.7 Å². The third-order valence-electron chi connectivity index (χ3n) is 3.51. The molecule has 0 fully saturated rings. The molecule has 0 aliphatic heterocycles. The van der Waals surface area contributed by atoms with E-state index in [1.807, 2.05) is 54.4 Å². The lowest BCUT2D eigenvalue weighted by Crippen LogP contribution is -2.04. The lowest BCUT2D eigenvalue weighted by Gasteiger charge is -2.08. The summed E-state index contributed by atoms with van der Waals surface area (Å²) in [5.74, 6) is 0. The van der Waals surface area contributed by atoms with Gasteiger partial charge in [-0.25, -0.2) is 4.98 Å². The molecule has 2 heterocycles. The van der Waals surface area contributed by atoms with Crippen LogP contribution in [0.3, 0.4) is 0 Å². The maximum absolute atomic E-state index is 9.48. The zero-order valence-corrected chi connectivity index (χ0v) is 13.7. The maximum Gasteiger partial charge on any atom is 0.131 e. The van der Waals surface area contributed by atoms with Gasteiger partial charge in [0.2, 0.25) is 0 Å². The second-order valence-electron chi connectivity index (χ2n) is 4.87. The third kappa shape index (κ3) is 2.69. The Balaban J connectivity index is 2.11. The fraction of sp³-hybridized carbons (Fsp3) is 0.125. The first-order valence-corrected chi connectivity index (χ1v) is 8.22. The number of fused-ring (bicyclic) bond motifs is 1. The molecular weight excluding hydrogens is 318 g/mol. The summed E-state index contributed by atoms with van der Waals surface area (Å²) in [6, 6.07) is 11.5. The highest BCUT2D eigenvalue weighted by Crippen LogP contribution is 2.23. The first-order valence-electron chi connectivity index (χ1n) is 6.62. The van der Waals surface area contributed by atoms with Crippen molar-refractivity contribution in [3.8, 4) is 0 Å². The summed E-state index contributed by atoms with van der Waals surface area (Å²) in [6.45, 7) is 0. The van der Waals surface area contributed by atoms with Gasteiger partial charge in [-0.3, -0.25) is 0 Å². The monoisotopic (exact) mass is 331 g/mol. The van der Waals surface area contributed by atoms with Gasteiger partial charge in [0.15, 0.2) is 0 Å². The number of aryl methyl sites for hydroxylation is 1. The fourth-order valence-electron chi connectivity index (χ4n) is 2.43. The molecule has 0 bridgehead atoms. The summed E-state index contributed by atoms with van der Waals surface area (Å²) in [6.07, 6.45) is 3.92. The van der Waals surface area contributed by atoms with Crippen LogP contribution in [0, 0.1) is 0 Å². The van der Waals surface area contributed by atoms with Crippen molar-refractivity contribution in [2.45, 2.75) is 5.03 Å². The van der Waals surface area contributed by atoms with E-state index in [1.165, 1.54) is 11.8 Å². The summed E-state index contributed by atoms with van der Waals surface area (Å²) < 4.78 is 2.05. The zero-order valence-electron chi connectivity index (χ0n) is 12.1. The third-order valence-corrected chi connectivity index (χ3v) is 4.33. The van der Waals surface area contributed by atoms with E-state index in [4.69, 9.17) is 11.6 Å². The Kier molecular flexibility index (Phi) is 4.09. The van der Waals surface area contributed by atoms with E-state index in [0.717, 1.165) is 27.1 Å². The Morgan fingerprint density at radius 3 is 2.77 bits per heavy atom. The zero-order chi connectivity index (χ0) is 15.7. The number of thioether (sulfide) groups is 1. The van der Waals surface area contributed by atoms with Crippen molar-refractivity contribution >= 4 is 40.0 Å².